The fraction of sp³-hybridized carbons (Fsp3) is 0.133. The van der Waals surface area contributed by atoms with Crippen molar-refractivity contribution < 1.29 is 5.11 Å². The highest BCUT2D eigenvalue weighted by Crippen LogP contribution is 2.27. The molecule has 2 aromatic carbocycles. The van der Waals surface area contributed by atoms with Crippen LogP contribution in [0.25, 0.3) is 22.4 Å². The lowest BCUT2D eigenvalue weighted by molar-refractivity contribution is 0.278. The van der Waals surface area contributed by atoms with E-state index in [9.17, 15) is 5.11 Å². The number of benzene rings is 2. The van der Waals surface area contributed by atoms with Crippen LogP contribution >= 0.6 is 11.6 Å². The quantitative estimate of drug-likeness (QED) is 0.728. The Hall–Kier alpha value is -2.04. The molecule has 0 radical (unpaired) electrons. The summed E-state index contributed by atoms with van der Waals surface area (Å²) in [6.07, 6.45) is 0. The van der Waals surface area contributed by atoms with Crippen molar-refractivity contribution in [2.45, 2.75) is 6.54 Å². The lowest BCUT2D eigenvalue weighted by Gasteiger charge is -2.07. The third kappa shape index (κ3) is 2.24. The first-order valence-electron chi connectivity index (χ1n) is 6.31. The van der Waals surface area contributed by atoms with Gasteiger partial charge in [0.2, 0.25) is 0 Å². The first-order chi connectivity index (χ1) is 9.69. The molecule has 3 rings (SSSR count). The van der Waals surface area contributed by atoms with Crippen molar-refractivity contribution in [2.75, 3.05) is 12.3 Å². The van der Waals surface area contributed by atoms with Gasteiger partial charge in [-0.3, -0.25) is 0 Å². The number of imidazole rings is 1. The Morgan fingerprint density at radius 3 is 2.60 bits per heavy atom. The zero-order chi connectivity index (χ0) is 14.1. The van der Waals surface area contributed by atoms with E-state index in [0.717, 1.165) is 22.4 Å². The first kappa shape index (κ1) is 13.0. The summed E-state index contributed by atoms with van der Waals surface area (Å²) in [5.41, 5.74) is 9.21. The normalized spacial score (nSPS) is 11.1. The van der Waals surface area contributed by atoms with Gasteiger partial charge >= 0.3 is 0 Å². The molecule has 0 spiro atoms. The molecular weight excluding hydrogens is 274 g/mol. The number of nitrogens with zero attached hydrogens (tertiary/aromatic N) is 2. The fourth-order valence-electron chi connectivity index (χ4n) is 2.29. The zero-order valence-electron chi connectivity index (χ0n) is 10.8. The Bertz CT molecular complexity index is 750. The van der Waals surface area contributed by atoms with Crippen molar-refractivity contribution in [3.05, 3.63) is 47.5 Å². The molecule has 1 aromatic heterocycles. The van der Waals surface area contributed by atoms with Crippen molar-refractivity contribution in [1.82, 2.24) is 9.55 Å². The third-order valence-corrected chi connectivity index (χ3v) is 3.45. The topological polar surface area (TPSA) is 64.1 Å². The van der Waals surface area contributed by atoms with Crippen molar-refractivity contribution in [3.8, 4) is 11.4 Å². The van der Waals surface area contributed by atoms with E-state index in [4.69, 9.17) is 17.3 Å². The Kier molecular flexibility index (Phi) is 3.34. The molecule has 0 aliphatic rings. The number of aliphatic hydroxyl groups is 1. The summed E-state index contributed by atoms with van der Waals surface area (Å²) in [6, 6.07) is 13.1. The SMILES string of the molecule is Nc1ccc2c(c1)nc(-c1ccc(Cl)cc1)n2CCO. The number of fused-ring (bicyclic) bond motifs is 1. The summed E-state index contributed by atoms with van der Waals surface area (Å²) in [5, 5.41) is 9.96. The van der Waals surface area contributed by atoms with Crippen molar-refractivity contribution in [3.63, 3.8) is 0 Å². The Morgan fingerprint density at radius 2 is 1.90 bits per heavy atom. The maximum absolute atomic E-state index is 9.27. The van der Waals surface area contributed by atoms with Crippen LogP contribution in [-0.4, -0.2) is 21.3 Å². The van der Waals surface area contributed by atoms with Gasteiger partial charge in [0.25, 0.3) is 0 Å². The first-order valence-corrected chi connectivity index (χ1v) is 6.69. The van der Waals surface area contributed by atoms with E-state index in [1.165, 1.54) is 0 Å². The van der Waals surface area contributed by atoms with E-state index in [0.29, 0.717) is 17.3 Å². The molecule has 0 amide bonds. The van der Waals surface area contributed by atoms with Crippen LogP contribution < -0.4 is 5.73 Å². The number of hydrogen-bond donors (Lipinski definition) is 2. The molecule has 0 atom stereocenters. The van der Waals surface area contributed by atoms with Gasteiger partial charge in [0.05, 0.1) is 17.6 Å². The minimum absolute atomic E-state index is 0.0520. The fourth-order valence-corrected chi connectivity index (χ4v) is 2.42. The minimum atomic E-state index is 0.0520. The maximum Gasteiger partial charge on any atom is 0.141 e. The van der Waals surface area contributed by atoms with Crippen LogP contribution in [0.15, 0.2) is 42.5 Å². The van der Waals surface area contributed by atoms with E-state index in [1.54, 1.807) is 0 Å². The number of halogens is 1. The molecule has 0 aliphatic heterocycles. The molecule has 102 valence electrons. The summed E-state index contributed by atoms with van der Waals surface area (Å²) < 4.78 is 1.98. The van der Waals surface area contributed by atoms with Gasteiger partial charge in [0, 0.05) is 22.8 Å². The zero-order valence-corrected chi connectivity index (χ0v) is 11.5. The van der Waals surface area contributed by atoms with Crippen molar-refractivity contribution in [2.24, 2.45) is 0 Å². The maximum atomic E-state index is 9.27. The third-order valence-electron chi connectivity index (χ3n) is 3.20. The van der Waals surface area contributed by atoms with Gasteiger partial charge in [-0.25, -0.2) is 4.98 Å². The number of aromatic nitrogens is 2. The molecule has 3 aromatic rings. The van der Waals surface area contributed by atoms with Gasteiger partial charge in [-0.2, -0.15) is 0 Å². The second kappa shape index (κ2) is 5.15. The summed E-state index contributed by atoms with van der Waals surface area (Å²) >= 11 is 5.92. The van der Waals surface area contributed by atoms with Crippen LogP contribution in [0, 0.1) is 0 Å². The van der Waals surface area contributed by atoms with E-state index in [-0.39, 0.29) is 6.61 Å². The lowest BCUT2D eigenvalue weighted by Crippen LogP contribution is -2.04. The summed E-state index contributed by atoms with van der Waals surface area (Å²) in [6.45, 7) is 0.537. The molecule has 0 unspecified atom stereocenters. The summed E-state index contributed by atoms with van der Waals surface area (Å²) in [7, 11) is 0. The highest BCUT2D eigenvalue weighted by atomic mass is 35.5. The molecule has 1 heterocycles. The van der Waals surface area contributed by atoms with E-state index >= 15 is 0 Å². The molecule has 20 heavy (non-hydrogen) atoms. The molecule has 0 saturated carbocycles. The second-order valence-corrected chi connectivity index (χ2v) is 5.00. The minimum Gasteiger partial charge on any atom is -0.399 e. The van der Waals surface area contributed by atoms with E-state index in [2.05, 4.69) is 4.98 Å². The molecule has 5 heteroatoms. The molecule has 0 saturated heterocycles. The molecule has 0 aliphatic carbocycles. The summed E-state index contributed by atoms with van der Waals surface area (Å²) in [4.78, 5) is 4.62. The summed E-state index contributed by atoms with van der Waals surface area (Å²) in [5.74, 6) is 0.802. The molecular formula is C15H14ClN3O. The van der Waals surface area contributed by atoms with Crippen molar-refractivity contribution >= 4 is 28.3 Å². The highest BCUT2D eigenvalue weighted by Gasteiger charge is 2.12. The monoisotopic (exact) mass is 287 g/mol. The highest BCUT2D eigenvalue weighted by molar-refractivity contribution is 6.30. The van der Waals surface area contributed by atoms with Crippen LogP contribution in [0.2, 0.25) is 5.02 Å². The predicted octanol–water partition coefficient (Wildman–Crippen LogP) is 2.93. The number of nitrogens with two attached hydrogens (primary N) is 1. The smallest absolute Gasteiger partial charge is 0.141 e. The Labute approximate surface area is 121 Å². The van der Waals surface area contributed by atoms with Gasteiger partial charge in [0.15, 0.2) is 0 Å². The van der Waals surface area contributed by atoms with Crippen LogP contribution in [0.3, 0.4) is 0 Å². The van der Waals surface area contributed by atoms with Gasteiger partial charge in [-0.05, 0) is 42.5 Å². The van der Waals surface area contributed by atoms with Gasteiger partial charge in [0.1, 0.15) is 5.82 Å². The standard InChI is InChI=1S/C15H14ClN3O/c16-11-3-1-10(2-4-11)15-18-13-9-12(17)5-6-14(13)19(15)7-8-20/h1-6,9,20H,7-8,17H2. The number of aliphatic hydroxyl groups excluding tert-OH is 1. The average molecular weight is 288 g/mol. The molecule has 0 fully saturated rings. The lowest BCUT2D eigenvalue weighted by atomic mass is 10.2. The second-order valence-electron chi connectivity index (χ2n) is 4.57. The predicted molar refractivity (Wildman–Crippen MR) is 81.7 cm³/mol. The Morgan fingerprint density at radius 1 is 1.15 bits per heavy atom. The van der Waals surface area contributed by atoms with E-state index < -0.39 is 0 Å². The molecule has 4 nitrogen and oxygen atoms in total. The number of anilines is 1. The number of nitrogen functional groups attached to an aromatic ring is 1. The van der Waals surface area contributed by atoms with Crippen LogP contribution in [0.4, 0.5) is 5.69 Å². The number of hydrogen-bond acceptors (Lipinski definition) is 3. The molecule has 3 N–H and O–H groups in total. The average Bonchev–Trinajstić information content (AvgIpc) is 2.78. The van der Waals surface area contributed by atoms with Gasteiger partial charge in [-0.15, -0.1) is 0 Å². The van der Waals surface area contributed by atoms with Crippen LogP contribution in [0.5, 0.6) is 0 Å². The Balaban J connectivity index is 2.22. The van der Waals surface area contributed by atoms with E-state index in [1.807, 2.05) is 47.0 Å². The number of rotatable bonds is 3. The van der Waals surface area contributed by atoms with Crippen molar-refractivity contribution in [1.29, 1.82) is 0 Å². The van der Waals surface area contributed by atoms with Gasteiger partial charge < -0.3 is 15.4 Å². The van der Waals surface area contributed by atoms with Crippen LogP contribution in [-0.2, 0) is 6.54 Å². The van der Waals surface area contributed by atoms with Crippen LogP contribution in [0.1, 0.15) is 0 Å². The van der Waals surface area contributed by atoms with Gasteiger partial charge in [-0.1, -0.05) is 11.6 Å². The largest absolute Gasteiger partial charge is 0.399 e. The molecule has 0 bridgehead atoms.